The lowest BCUT2D eigenvalue weighted by Crippen LogP contribution is -2.34. The van der Waals surface area contributed by atoms with Gasteiger partial charge in [-0.1, -0.05) is 19.1 Å². The van der Waals surface area contributed by atoms with Crippen LogP contribution in [0.5, 0.6) is 5.75 Å². The van der Waals surface area contributed by atoms with Crippen molar-refractivity contribution in [1.82, 2.24) is 0 Å². The largest absolute Gasteiger partial charge is 0.494 e. The summed E-state index contributed by atoms with van der Waals surface area (Å²) >= 11 is 0. The van der Waals surface area contributed by atoms with Crippen LogP contribution in [0, 0.1) is 0 Å². The van der Waals surface area contributed by atoms with E-state index in [0.29, 0.717) is 13.0 Å². The molecule has 0 fully saturated rings. The van der Waals surface area contributed by atoms with E-state index in [-0.39, 0.29) is 6.54 Å². The van der Waals surface area contributed by atoms with Gasteiger partial charge in [0.1, 0.15) is 5.75 Å². The summed E-state index contributed by atoms with van der Waals surface area (Å²) in [6.45, 7) is 4.78. The topological polar surface area (TPSA) is 55.5 Å². The van der Waals surface area contributed by atoms with Gasteiger partial charge in [-0.2, -0.15) is 0 Å². The molecule has 3 nitrogen and oxygen atoms in total. The van der Waals surface area contributed by atoms with Crippen LogP contribution in [-0.2, 0) is 6.42 Å². The van der Waals surface area contributed by atoms with Crippen LogP contribution < -0.4 is 10.5 Å². The quantitative estimate of drug-likeness (QED) is 0.714. The van der Waals surface area contributed by atoms with Crippen LogP contribution in [0.1, 0.15) is 32.3 Å². The fourth-order valence-electron chi connectivity index (χ4n) is 1.60. The zero-order chi connectivity index (χ0) is 12.7. The van der Waals surface area contributed by atoms with E-state index in [4.69, 9.17) is 10.5 Å². The molecule has 1 aromatic rings. The van der Waals surface area contributed by atoms with E-state index in [1.165, 1.54) is 5.56 Å². The Morgan fingerprint density at radius 3 is 2.82 bits per heavy atom. The molecule has 1 atom stereocenters. The molecule has 0 amide bonds. The molecule has 0 spiro atoms. The molecule has 0 aliphatic carbocycles. The van der Waals surface area contributed by atoms with Crippen LogP contribution in [0.25, 0.3) is 0 Å². The van der Waals surface area contributed by atoms with Crippen molar-refractivity contribution in [1.29, 1.82) is 0 Å². The van der Waals surface area contributed by atoms with Crippen molar-refractivity contribution in [3.63, 3.8) is 0 Å². The highest BCUT2D eigenvalue weighted by Crippen LogP contribution is 2.15. The van der Waals surface area contributed by atoms with Crippen molar-refractivity contribution in [3.8, 4) is 5.75 Å². The average Bonchev–Trinajstić information content (AvgIpc) is 2.35. The normalized spacial score (nSPS) is 14.4. The van der Waals surface area contributed by atoms with E-state index in [1.807, 2.05) is 12.1 Å². The first-order valence-corrected chi connectivity index (χ1v) is 6.21. The van der Waals surface area contributed by atoms with Crippen molar-refractivity contribution < 1.29 is 9.84 Å². The van der Waals surface area contributed by atoms with Gasteiger partial charge in [0.25, 0.3) is 0 Å². The summed E-state index contributed by atoms with van der Waals surface area (Å²) in [6.07, 6.45) is 2.48. The van der Waals surface area contributed by atoms with Gasteiger partial charge in [0, 0.05) is 6.54 Å². The van der Waals surface area contributed by atoms with E-state index < -0.39 is 5.60 Å². The van der Waals surface area contributed by atoms with Crippen LogP contribution in [0.4, 0.5) is 0 Å². The highest BCUT2D eigenvalue weighted by atomic mass is 16.5. The SMILES string of the molecule is CCc1cccc(OCCCC(C)(O)CN)c1. The number of aliphatic hydroxyl groups is 1. The third-order valence-corrected chi connectivity index (χ3v) is 2.87. The van der Waals surface area contributed by atoms with Gasteiger partial charge in [-0.15, -0.1) is 0 Å². The van der Waals surface area contributed by atoms with E-state index in [0.717, 1.165) is 18.6 Å². The smallest absolute Gasteiger partial charge is 0.119 e. The Kier molecular flexibility index (Phi) is 5.45. The molecule has 0 bridgehead atoms. The number of ether oxygens (including phenoxy) is 1. The van der Waals surface area contributed by atoms with Crippen molar-refractivity contribution in [2.24, 2.45) is 5.73 Å². The van der Waals surface area contributed by atoms with Crippen molar-refractivity contribution >= 4 is 0 Å². The molecule has 0 radical (unpaired) electrons. The molecule has 0 aliphatic rings. The Bertz CT molecular complexity index is 337. The molecule has 0 aliphatic heterocycles. The van der Waals surface area contributed by atoms with Crippen molar-refractivity contribution in [2.75, 3.05) is 13.2 Å². The monoisotopic (exact) mass is 237 g/mol. The van der Waals surface area contributed by atoms with E-state index in [2.05, 4.69) is 19.1 Å². The van der Waals surface area contributed by atoms with E-state index >= 15 is 0 Å². The van der Waals surface area contributed by atoms with Crippen LogP contribution in [-0.4, -0.2) is 23.9 Å². The van der Waals surface area contributed by atoms with Crippen LogP contribution in [0.2, 0.25) is 0 Å². The lowest BCUT2D eigenvalue weighted by molar-refractivity contribution is 0.0536. The second-order valence-corrected chi connectivity index (χ2v) is 4.65. The van der Waals surface area contributed by atoms with Gasteiger partial charge in [-0.25, -0.2) is 0 Å². The molecular weight excluding hydrogens is 214 g/mol. The molecule has 0 saturated heterocycles. The number of rotatable bonds is 7. The highest BCUT2D eigenvalue weighted by Gasteiger charge is 2.16. The third kappa shape index (κ3) is 5.20. The van der Waals surface area contributed by atoms with Gasteiger partial charge >= 0.3 is 0 Å². The molecule has 17 heavy (non-hydrogen) atoms. The predicted molar refractivity (Wildman–Crippen MR) is 70.2 cm³/mol. The maximum Gasteiger partial charge on any atom is 0.119 e. The van der Waals surface area contributed by atoms with Gasteiger partial charge in [0.15, 0.2) is 0 Å². The van der Waals surface area contributed by atoms with Crippen LogP contribution in [0.15, 0.2) is 24.3 Å². The Morgan fingerprint density at radius 2 is 2.18 bits per heavy atom. The summed E-state index contributed by atoms with van der Waals surface area (Å²) in [5.41, 5.74) is 5.95. The Labute approximate surface area is 104 Å². The maximum atomic E-state index is 9.72. The maximum absolute atomic E-state index is 9.72. The van der Waals surface area contributed by atoms with Crippen molar-refractivity contribution in [2.45, 2.75) is 38.7 Å². The Balaban J connectivity index is 2.31. The third-order valence-electron chi connectivity index (χ3n) is 2.87. The lowest BCUT2D eigenvalue weighted by atomic mass is 10.0. The fraction of sp³-hybridized carbons (Fsp3) is 0.571. The molecule has 1 aromatic carbocycles. The van der Waals surface area contributed by atoms with Gasteiger partial charge < -0.3 is 15.6 Å². The van der Waals surface area contributed by atoms with E-state index in [9.17, 15) is 5.11 Å². The number of benzene rings is 1. The Hall–Kier alpha value is -1.06. The fourth-order valence-corrected chi connectivity index (χ4v) is 1.60. The zero-order valence-electron chi connectivity index (χ0n) is 10.8. The van der Waals surface area contributed by atoms with Crippen LogP contribution in [0.3, 0.4) is 0 Å². The molecular formula is C14H23NO2. The highest BCUT2D eigenvalue weighted by molar-refractivity contribution is 5.28. The van der Waals surface area contributed by atoms with Gasteiger partial charge in [0.2, 0.25) is 0 Å². The minimum Gasteiger partial charge on any atom is -0.494 e. The molecule has 1 rings (SSSR count). The molecule has 1 unspecified atom stereocenters. The second kappa shape index (κ2) is 6.62. The van der Waals surface area contributed by atoms with Crippen LogP contribution >= 0.6 is 0 Å². The average molecular weight is 237 g/mol. The number of nitrogens with two attached hydrogens (primary N) is 1. The molecule has 0 aromatic heterocycles. The summed E-state index contributed by atoms with van der Waals surface area (Å²) < 4.78 is 5.64. The number of hydrogen-bond donors (Lipinski definition) is 2. The predicted octanol–water partition coefficient (Wildman–Crippen LogP) is 2.12. The number of aryl methyl sites for hydroxylation is 1. The number of hydrogen-bond acceptors (Lipinski definition) is 3. The minimum absolute atomic E-state index is 0.290. The first kappa shape index (κ1) is 14.0. The molecule has 96 valence electrons. The van der Waals surface area contributed by atoms with Gasteiger partial charge in [-0.05, 0) is 43.9 Å². The Morgan fingerprint density at radius 1 is 1.41 bits per heavy atom. The standard InChI is InChI=1S/C14H23NO2/c1-3-12-6-4-7-13(10-12)17-9-5-8-14(2,16)11-15/h4,6-7,10,16H,3,5,8-9,11,15H2,1-2H3. The summed E-state index contributed by atoms with van der Waals surface area (Å²) in [6, 6.07) is 8.11. The van der Waals surface area contributed by atoms with E-state index in [1.54, 1.807) is 6.92 Å². The molecule has 0 saturated carbocycles. The summed E-state index contributed by atoms with van der Waals surface area (Å²) in [4.78, 5) is 0. The van der Waals surface area contributed by atoms with Crippen molar-refractivity contribution in [3.05, 3.63) is 29.8 Å². The summed E-state index contributed by atoms with van der Waals surface area (Å²) in [5.74, 6) is 0.900. The first-order valence-electron chi connectivity index (χ1n) is 6.21. The van der Waals surface area contributed by atoms with Gasteiger partial charge in [-0.3, -0.25) is 0 Å². The zero-order valence-corrected chi connectivity index (χ0v) is 10.8. The second-order valence-electron chi connectivity index (χ2n) is 4.65. The molecule has 3 heteroatoms. The van der Waals surface area contributed by atoms with Gasteiger partial charge in [0.05, 0.1) is 12.2 Å². The molecule has 0 heterocycles. The summed E-state index contributed by atoms with van der Waals surface area (Å²) in [7, 11) is 0. The minimum atomic E-state index is -0.769. The molecule has 3 N–H and O–H groups in total. The first-order chi connectivity index (χ1) is 8.07. The summed E-state index contributed by atoms with van der Waals surface area (Å²) in [5, 5.41) is 9.72. The lowest BCUT2D eigenvalue weighted by Gasteiger charge is -2.20.